The molecule has 18 heavy (non-hydrogen) atoms. The maximum Gasteiger partial charge on any atom is 0.220 e. The smallest absolute Gasteiger partial charge is 0.220 e. The number of piperidine rings is 1. The van der Waals surface area contributed by atoms with E-state index < -0.39 is 0 Å². The SMILES string of the molecule is C=CCOCCCC(=O)NC1CCCNC1C.Cl. The Morgan fingerprint density at radius 3 is 3.06 bits per heavy atom. The average Bonchev–Trinajstić information content (AvgIpc) is 2.32. The first-order valence-corrected chi connectivity index (χ1v) is 6.45. The maximum absolute atomic E-state index is 11.7. The molecule has 1 rings (SSSR count). The van der Waals surface area contributed by atoms with Gasteiger partial charge in [0, 0.05) is 25.1 Å². The number of hydrogen-bond donors (Lipinski definition) is 2. The molecule has 0 saturated carbocycles. The summed E-state index contributed by atoms with van der Waals surface area (Å²) >= 11 is 0. The molecule has 2 atom stereocenters. The number of rotatable bonds is 7. The van der Waals surface area contributed by atoms with Gasteiger partial charge in [0.05, 0.1) is 6.61 Å². The summed E-state index contributed by atoms with van der Waals surface area (Å²) < 4.78 is 5.23. The summed E-state index contributed by atoms with van der Waals surface area (Å²) in [7, 11) is 0. The van der Waals surface area contributed by atoms with Gasteiger partial charge in [-0.05, 0) is 32.7 Å². The summed E-state index contributed by atoms with van der Waals surface area (Å²) in [4.78, 5) is 11.7. The third-order valence-electron chi connectivity index (χ3n) is 3.04. The first-order chi connectivity index (χ1) is 8.24. The van der Waals surface area contributed by atoms with Gasteiger partial charge in [0.15, 0.2) is 0 Å². The molecule has 0 radical (unpaired) electrons. The second-order valence-corrected chi connectivity index (χ2v) is 4.53. The number of halogens is 1. The zero-order valence-corrected chi connectivity index (χ0v) is 11.9. The molecule has 1 fully saturated rings. The van der Waals surface area contributed by atoms with Crippen LogP contribution in [0.2, 0.25) is 0 Å². The zero-order chi connectivity index (χ0) is 12.5. The summed E-state index contributed by atoms with van der Waals surface area (Å²) in [5.41, 5.74) is 0. The Bertz CT molecular complexity index is 249. The van der Waals surface area contributed by atoms with Crippen LogP contribution in [-0.2, 0) is 9.53 Å². The topological polar surface area (TPSA) is 50.4 Å². The lowest BCUT2D eigenvalue weighted by atomic mass is 10.00. The van der Waals surface area contributed by atoms with E-state index in [0.29, 0.717) is 25.7 Å². The lowest BCUT2D eigenvalue weighted by Gasteiger charge is -2.30. The molecule has 1 amide bonds. The normalized spacial score (nSPS) is 22.9. The van der Waals surface area contributed by atoms with Crippen LogP contribution in [0.1, 0.15) is 32.6 Å². The van der Waals surface area contributed by atoms with E-state index in [1.165, 1.54) is 0 Å². The van der Waals surface area contributed by atoms with Crippen LogP contribution in [0.25, 0.3) is 0 Å². The Labute approximate surface area is 116 Å². The van der Waals surface area contributed by atoms with E-state index in [9.17, 15) is 4.79 Å². The van der Waals surface area contributed by atoms with Gasteiger partial charge >= 0.3 is 0 Å². The average molecular weight is 277 g/mol. The number of amides is 1. The van der Waals surface area contributed by atoms with Gasteiger partial charge in [0.2, 0.25) is 5.91 Å². The van der Waals surface area contributed by atoms with E-state index in [1.54, 1.807) is 6.08 Å². The van der Waals surface area contributed by atoms with E-state index >= 15 is 0 Å². The fraction of sp³-hybridized carbons (Fsp3) is 0.769. The molecule has 1 aliphatic heterocycles. The van der Waals surface area contributed by atoms with E-state index in [0.717, 1.165) is 25.8 Å². The molecule has 1 aliphatic rings. The van der Waals surface area contributed by atoms with Crippen molar-refractivity contribution in [3.63, 3.8) is 0 Å². The van der Waals surface area contributed by atoms with Gasteiger partial charge in [-0.3, -0.25) is 4.79 Å². The lowest BCUT2D eigenvalue weighted by Crippen LogP contribution is -2.51. The lowest BCUT2D eigenvalue weighted by molar-refractivity contribution is -0.122. The van der Waals surface area contributed by atoms with Crippen LogP contribution in [0.15, 0.2) is 12.7 Å². The summed E-state index contributed by atoms with van der Waals surface area (Å²) in [5.74, 6) is 0.132. The minimum absolute atomic E-state index is 0. The highest BCUT2D eigenvalue weighted by Crippen LogP contribution is 2.08. The molecule has 0 aromatic rings. The molecule has 0 spiro atoms. The number of nitrogens with one attached hydrogen (secondary N) is 2. The Morgan fingerprint density at radius 1 is 1.61 bits per heavy atom. The first kappa shape index (κ1) is 17.4. The molecule has 2 N–H and O–H groups in total. The number of carbonyl (C=O) groups excluding carboxylic acids is 1. The molecule has 0 bridgehead atoms. The minimum atomic E-state index is 0. The molecule has 5 heteroatoms. The molecule has 0 aromatic carbocycles. The summed E-state index contributed by atoms with van der Waals surface area (Å²) in [5, 5.41) is 6.45. The fourth-order valence-corrected chi connectivity index (χ4v) is 2.02. The largest absolute Gasteiger partial charge is 0.377 e. The van der Waals surface area contributed by atoms with Gasteiger partial charge in [-0.2, -0.15) is 0 Å². The highest BCUT2D eigenvalue weighted by molar-refractivity contribution is 5.85. The van der Waals surface area contributed by atoms with Crippen molar-refractivity contribution in [1.29, 1.82) is 0 Å². The van der Waals surface area contributed by atoms with Crippen molar-refractivity contribution in [3.8, 4) is 0 Å². The Morgan fingerprint density at radius 2 is 2.39 bits per heavy atom. The third kappa shape index (κ3) is 6.99. The third-order valence-corrected chi connectivity index (χ3v) is 3.04. The van der Waals surface area contributed by atoms with Gasteiger partial charge in [-0.25, -0.2) is 0 Å². The summed E-state index contributed by atoms with van der Waals surface area (Å²) in [6, 6.07) is 0.662. The monoisotopic (exact) mass is 276 g/mol. The second kappa shape index (κ2) is 10.4. The van der Waals surface area contributed by atoms with E-state index in [1.807, 2.05) is 0 Å². The van der Waals surface area contributed by atoms with Crippen LogP contribution < -0.4 is 10.6 Å². The van der Waals surface area contributed by atoms with E-state index in [2.05, 4.69) is 24.1 Å². The van der Waals surface area contributed by atoms with Crippen molar-refractivity contribution in [2.24, 2.45) is 0 Å². The molecule has 106 valence electrons. The van der Waals surface area contributed by atoms with Gasteiger partial charge in [0.25, 0.3) is 0 Å². The van der Waals surface area contributed by atoms with Crippen molar-refractivity contribution in [2.75, 3.05) is 19.8 Å². The van der Waals surface area contributed by atoms with Crippen LogP contribution in [-0.4, -0.2) is 37.7 Å². The predicted octanol–water partition coefficient (Wildman–Crippen LogP) is 1.65. The Kier molecular flexibility index (Phi) is 10.0. The van der Waals surface area contributed by atoms with Gasteiger partial charge in [0.1, 0.15) is 0 Å². The first-order valence-electron chi connectivity index (χ1n) is 6.45. The van der Waals surface area contributed by atoms with Gasteiger partial charge < -0.3 is 15.4 Å². The van der Waals surface area contributed by atoms with Crippen LogP contribution in [0.3, 0.4) is 0 Å². The zero-order valence-electron chi connectivity index (χ0n) is 11.1. The summed E-state index contributed by atoms with van der Waals surface area (Å²) in [6.07, 6.45) is 5.24. The molecule has 4 nitrogen and oxygen atoms in total. The standard InChI is InChI=1S/C13H24N2O2.ClH/c1-3-9-17-10-5-7-13(16)15-12-6-4-8-14-11(12)2;/h3,11-12,14H,1,4-10H2,2H3,(H,15,16);1H. The Balaban J connectivity index is 0.00000289. The van der Waals surface area contributed by atoms with Gasteiger partial charge in [-0.1, -0.05) is 6.08 Å². The molecule has 0 aliphatic carbocycles. The molecular formula is C13H25ClN2O2. The van der Waals surface area contributed by atoms with Crippen molar-refractivity contribution >= 4 is 18.3 Å². The number of carbonyl (C=O) groups is 1. The van der Waals surface area contributed by atoms with E-state index in [-0.39, 0.29) is 24.4 Å². The highest BCUT2D eigenvalue weighted by atomic mass is 35.5. The minimum Gasteiger partial charge on any atom is -0.377 e. The molecular weight excluding hydrogens is 252 g/mol. The second-order valence-electron chi connectivity index (χ2n) is 4.53. The van der Waals surface area contributed by atoms with E-state index in [4.69, 9.17) is 4.74 Å². The molecule has 1 heterocycles. The van der Waals surface area contributed by atoms with Crippen LogP contribution in [0, 0.1) is 0 Å². The quantitative estimate of drug-likeness (QED) is 0.549. The highest BCUT2D eigenvalue weighted by Gasteiger charge is 2.21. The maximum atomic E-state index is 11.7. The summed E-state index contributed by atoms with van der Waals surface area (Å²) in [6.45, 7) is 7.93. The number of hydrogen-bond acceptors (Lipinski definition) is 3. The molecule has 1 saturated heterocycles. The molecule has 0 aromatic heterocycles. The van der Waals surface area contributed by atoms with Crippen LogP contribution in [0.4, 0.5) is 0 Å². The van der Waals surface area contributed by atoms with Crippen molar-refractivity contribution < 1.29 is 9.53 Å². The van der Waals surface area contributed by atoms with Crippen LogP contribution in [0.5, 0.6) is 0 Å². The van der Waals surface area contributed by atoms with Crippen molar-refractivity contribution in [2.45, 2.75) is 44.7 Å². The van der Waals surface area contributed by atoms with Gasteiger partial charge in [-0.15, -0.1) is 19.0 Å². The van der Waals surface area contributed by atoms with Crippen molar-refractivity contribution in [1.82, 2.24) is 10.6 Å². The fourth-order valence-electron chi connectivity index (χ4n) is 2.02. The Hall–Kier alpha value is -0.580. The predicted molar refractivity (Wildman–Crippen MR) is 76.1 cm³/mol. The van der Waals surface area contributed by atoms with Crippen molar-refractivity contribution in [3.05, 3.63) is 12.7 Å². The number of ether oxygens (including phenoxy) is 1. The molecule has 2 unspecified atom stereocenters. The van der Waals surface area contributed by atoms with Crippen LogP contribution >= 0.6 is 12.4 Å².